The van der Waals surface area contributed by atoms with E-state index in [1.165, 1.54) is 19.5 Å². The number of rotatable bonds is 1. The zero-order valence-corrected chi connectivity index (χ0v) is 4.13. The molecule has 0 aliphatic carbocycles. The Labute approximate surface area is 46.7 Å². The molecule has 4 heteroatoms. The zero-order chi connectivity index (χ0) is 5.98. The third kappa shape index (κ3) is 0.778. The van der Waals surface area contributed by atoms with Gasteiger partial charge in [0.15, 0.2) is 0 Å². The molecule has 2 N–H and O–H groups in total. The second-order valence-electron chi connectivity index (χ2n) is 1.38. The van der Waals surface area contributed by atoms with Gasteiger partial charge in [-0.3, -0.25) is 0 Å². The van der Waals surface area contributed by atoms with Crippen LogP contribution in [-0.2, 0) is 0 Å². The summed E-state index contributed by atoms with van der Waals surface area (Å²) < 4.78 is 4.57. The number of hydrogen-bond donors (Lipinski definition) is 1. The molecule has 0 unspecified atom stereocenters. The molecule has 0 spiro atoms. The topological polar surface area (TPSA) is 56.2 Å². The molecule has 1 aromatic rings. The number of nitrogens with two attached hydrogens (primary N) is 1. The van der Waals surface area contributed by atoms with Gasteiger partial charge in [-0.2, -0.15) is 0 Å². The van der Waals surface area contributed by atoms with Crippen LogP contribution in [0.4, 0.5) is 0 Å². The van der Waals surface area contributed by atoms with Gasteiger partial charge in [0.2, 0.25) is 0 Å². The fourth-order valence-corrected chi connectivity index (χ4v) is 0.405. The van der Waals surface area contributed by atoms with E-state index in [1.54, 1.807) is 0 Å². The van der Waals surface area contributed by atoms with Crippen LogP contribution in [0, 0.1) is 0 Å². The first-order valence-corrected chi connectivity index (χ1v) is 2.12. The Kier molecular flexibility index (Phi) is 1.16. The molecule has 8 heavy (non-hydrogen) atoms. The summed E-state index contributed by atoms with van der Waals surface area (Å²) in [5, 5.41) is 0. The minimum absolute atomic E-state index is 0.407. The van der Waals surface area contributed by atoms with Crippen LogP contribution < -0.4 is 5.73 Å². The Morgan fingerprint density at radius 3 is 2.88 bits per heavy atom. The Hall–Kier alpha value is -1.06. The number of hydrogen-bond acceptors (Lipinski definition) is 2. The summed E-state index contributed by atoms with van der Waals surface area (Å²) in [4.78, 5) is 10.2. The minimum atomic E-state index is -0.459. The van der Waals surface area contributed by atoms with Crippen molar-refractivity contribution in [1.29, 1.82) is 0 Å². The molecule has 1 heterocycles. The van der Waals surface area contributed by atoms with E-state index in [-0.39, 0.29) is 0 Å². The van der Waals surface area contributed by atoms with Crippen molar-refractivity contribution < 1.29 is 9.13 Å². The van der Waals surface area contributed by atoms with Gasteiger partial charge in [0.05, 0.1) is 0 Å². The number of amides is 1. The van der Waals surface area contributed by atoms with Crippen LogP contribution in [0.25, 0.3) is 0 Å². The van der Waals surface area contributed by atoms with E-state index in [9.17, 15) is 4.79 Å². The second kappa shape index (κ2) is 1.82. The fraction of sp³-hybridized carbons (Fsp3) is 0. The SMILES string of the molecule is NC(=O)c1bocc1. The van der Waals surface area contributed by atoms with Crippen molar-refractivity contribution in [3.8, 4) is 0 Å². The monoisotopic (exact) mass is 109 g/mol. The average Bonchev–Trinajstić information content (AvgIpc) is 2.12. The summed E-state index contributed by atoms with van der Waals surface area (Å²) in [5.41, 5.74) is 5.27. The molecule has 0 atom stereocenters. The van der Waals surface area contributed by atoms with Gasteiger partial charge in [0, 0.05) is 0 Å². The molecule has 0 aromatic carbocycles. The van der Waals surface area contributed by atoms with Gasteiger partial charge < -0.3 is 0 Å². The van der Waals surface area contributed by atoms with Crippen molar-refractivity contribution in [2.24, 2.45) is 5.73 Å². The number of carbonyl (C=O) groups excluding carboxylic acids is 1. The predicted molar refractivity (Wildman–Crippen MR) is 28.6 cm³/mol. The quantitative estimate of drug-likeness (QED) is 0.538. The van der Waals surface area contributed by atoms with E-state index in [0.29, 0.717) is 5.46 Å². The van der Waals surface area contributed by atoms with E-state index < -0.39 is 5.91 Å². The third-order valence-electron chi connectivity index (χ3n) is 0.806. The summed E-state index contributed by atoms with van der Waals surface area (Å²) in [5.74, 6) is -0.459. The molecular weight excluding hydrogens is 105 g/mol. The van der Waals surface area contributed by atoms with Crippen LogP contribution in [0.3, 0.4) is 0 Å². The predicted octanol–water partition coefficient (Wildman–Crippen LogP) is -0.283. The first-order valence-electron chi connectivity index (χ1n) is 2.12. The van der Waals surface area contributed by atoms with E-state index in [0.717, 1.165) is 0 Å². The van der Waals surface area contributed by atoms with E-state index in [4.69, 9.17) is 5.73 Å². The van der Waals surface area contributed by atoms with Crippen LogP contribution in [-0.4, -0.2) is 13.0 Å². The first-order chi connectivity index (χ1) is 3.80. The van der Waals surface area contributed by atoms with Crippen molar-refractivity contribution in [2.75, 3.05) is 0 Å². The molecule has 0 fully saturated rings. The van der Waals surface area contributed by atoms with Crippen molar-refractivity contribution in [2.45, 2.75) is 0 Å². The van der Waals surface area contributed by atoms with Crippen molar-refractivity contribution >= 4 is 13.0 Å². The van der Waals surface area contributed by atoms with Crippen molar-refractivity contribution in [3.63, 3.8) is 0 Å². The summed E-state index contributed by atoms with van der Waals surface area (Å²) in [6.45, 7) is 0. The molecule has 40 valence electrons. The molecule has 1 amide bonds. The fourth-order valence-electron chi connectivity index (χ4n) is 0.405. The van der Waals surface area contributed by atoms with Gasteiger partial charge >= 0.3 is 45.7 Å². The Balaban J connectivity index is 2.93. The van der Waals surface area contributed by atoms with Gasteiger partial charge in [-0.15, -0.1) is 0 Å². The van der Waals surface area contributed by atoms with Crippen LogP contribution in [0.2, 0.25) is 0 Å². The van der Waals surface area contributed by atoms with Crippen LogP contribution in [0.15, 0.2) is 16.7 Å². The molecule has 0 aliphatic heterocycles. The molecule has 1 rings (SSSR count). The number of carbonyl (C=O) groups is 1. The van der Waals surface area contributed by atoms with Gasteiger partial charge in [-0.25, -0.2) is 0 Å². The van der Waals surface area contributed by atoms with E-state index in [1.807, 2.05) is 0 Å². The maximum atomic E-state index is 10.2. The van der Waals surface area contributed by atoms with Crippen LogP contribution in [0.1, 0.15) is 10.3 Å². The second-order valence-corrected chi connectivity index (χ2v) is 1.38. The molecular formula is C4H4BNO2. The first kappa shape index (κ1) is 5.09. The van der Waals surface area contributed by atoms with Crippen molar-refractivity contribution in [3.05, 3.63) is 17.8 Å². The Bertz CT molecular complexity index is 182. The molecule has 0 bridgehead atoms. The molecule has 0 saturated heterocycles. The molecule has 3 nitrogen and oxygen atoms in total. The standard InChI is InChI=1S/C4H4BNO2/c6-4(7)3-1-2-8-5-3/h1-2H,(H2,6,7). The van der Waals surface area contributed by atoms with Gasteiger partial charge in [0.25, 0.3) is 0 Å². The summed E-state index contributed by atoms with van der Waals surface area (Å²) >= 11 is 0. The van der Waals surface area contributed by atoms with Gasteiger partial charge in [0.1, 0.15) is 0 Å². The normalized spacial score (nSPS) is 8.50. The van der Waals surface area contributed by atoms with Gasteiger partial charge in [-0.05, 0) is 0 Å². The average molecular weight is 109 g/mol. The third-order valence-corrected chi connectivity index (χ3v) is 0.806. The summed E-state index contributed by atoms with van der Waals surface area (Å²) in [6, 6.07) is 1.52. The molecule has 0 radical (unpaired) electrons. The molecule has 0 aliphatic rings. The van der Waals surface area contributed by atoms with E-state index in [2.05, 4.69) is 4.33 Å². The van der Waals surface area contributed by atoms with Crippen LogP contribution >= 0.6 is 0 Å². The van der Waals surface area contributed by atoms with E-state index >= 15 is 0 Å². The Morgan fingerprint density at radius 2 is 2.62 bits per heavy atom. The maximum absolute atomic E-state index is 10.2. The molecule has 1 aromatic heterocycles. The summed E-state index contributed by atoms with van der Waals surface area (Å²) in [6.07, 6.45) is 1.40. The van der Waals surface area contributed by atoms with Crippen molar-refractivity contribution in [1.82, 2.24) is 0 Å². The Morgan fingerprint density at radius 1 is 1.88 bits per heavy atom. The van der Waals surface area contributed by atoms with Crippen LogP contribution in [0.5, 0.6) is 0 Å². The summed E-state index contributed by atoms with van der Waals surface area (Å²) in [7, 11) is 1.31. The zero-order valence-electron chi connectivity index (χ0n) is 4.13. The van der Waals surface area contributed by atoms with Gasteiger partial charge in [-0.1, -0.05) is 0 Å². The number of primary amides is 1. The molecule has 0 saturated carbocycles.